The third kappa shape index (κ3) is 11.6. The van der Waals surface area contributed by atoms with Crippen molar-refractivity contribution in [3.8, 4) is 0 Å². The summed E-state index contributed by atoms with van der Waals surface area (Å²) in [6.07, 6.45) is 7.76. The molecule has 0 aromatic heterocycles. The summed E-state index contributed by atoms with van der Waals surface area (Å²) in [5, 5.41) is 2.91. The first-order valence-electron chi connectivity index (χ1n) is 14.7. The Labute approximate surface area is 273 Å². The van der Waals surface area contributed by atoms with E-state index in [1.54, 1.807) is 27.7 Å². The van der Waals surface area contributed by atoms with E-state index in [2.05, 4.69) is 50.2 Å². The van der Waals surface area contributed by atoms with Gasteiger partial charge in [-0.25, -0.2) is 0 Å². The topological polar surface area (TPSA) is 134 Å². The quantitative estimate of drug-likeness (QED) is 0.0461. The smallest absolute Gasteiger partial charge is 0.322 e. The number of nitrogens with one attached hydrogen (secondary N) is 1. The molecule has 246 valence electrons. The van der Waals surface area contributed by atoms with Crippen LogP contribution in [0, 0.1) is 28.6 Å². The largest absolute Gasteiger partial charge is 0.463 e. The van der Waals surface area contributed by atoms with E-state index in [1.807, 2.05) is 19.9 Å². The number of aldehydes is 1. The Kier molecular flexibility index (Phi) is 15.6. The van der Waals surface area contributed by atoms with Crippen molar-refractivity contribution in [2.24, 2.45) is 28.6 Å². The molecule has 4 atom stereocenters. The predicted molar refractivity (Wildman–Crippen MR) is 170 cm³/mol. The Bertz CT molecular complexity index is 972. The molecule has 0 saturated heterocycles. The zero-order chi connectivity index (χ0) is 33.1. The SMILES string of the molecule is CCCCC1(C(C)C(C)C=O)C=CC1C(=O)NCCOCCOC(=O)C(C)(COC(=O)C(C)(C)Br)COC(=O)C(C)(C)Br. The molecule has 0 saturated carbocycles. The van der Waals surface area contributed by atoms with Crippen LogP contribution in [-0.2, 0) is 42.9 Å². The minimum Gasteiger partial charge on any atom is -0.463 e. The average Bonchev–Trinajstić information content (AvgIpc) is 2.91. The molecular weight excluding hydrogens is 690 g/mol. The molecule has 0 bridgehead atoms. The predicted octanol–water partition coefficient (Wildman–Crippen LogP) is 4.94. The molecule has 0 aromatic carbocycles. The molecule has 1 amide bonds. The van der Waals surface area contributed by atoms with E-state index in [9.17, 15) is 24.0 Å². The van der Waals surface area contributed by atoms with E-state index in [0.717, 1.165) is 25.5 Å². The number of unbranched alkanes of at least 4 members (excludes halogenated alkanes) is 1. The van der Waals surface area contributed by atoms with Gasteiger partial charge in [-0.3, -0.25) is 19.2 Å². The first-order chi connectivity index (χ1) is 19.9. The Morgan fingerprint density at radius 3 is 1.91 bits per heavy atom. The summed E-state index contributed by atoms with van der Waals surface area (Å²) in [7, 11) is 0. The number of esters is 3. The second-order valence-electron chi connectivity index (χ2n) is 12.5. The van der Waals surface area contributed by atoms with Crippen LogP contribution in [0.4, 0.5) is 0 Å². The normalized spacial score (nSPS) is 19.9. The third-order valence-electron chi connectivity index (χ3n) is 7.79. The molecular formula is C31H49Br2NO9. The number of hydrogen-bond donors (Lipinski definition) is 1. The number of ether oxygens (including phenoxy) is 4. The standard InChI is InChI=1S/C31H49Br2NO9/c1-9-10-12-31(22(3)21(2)18-35)13-11-23(31)24(36)34-14-15-40-16-17-41-27(39)30(8,19-42-25(37)28(4,5)32)20-43-26(38)29(6,7)33/h11,13,18,21-23H,9-10,12,14-17,19-20H2,1-8H3,(H,34,36). The van der Waals surface area contributed by atoms with Crippen LogP contribution < -0.4 is 5.32 Å². The van der Waals surface area contributed by atoms with Crippen LogP contribution in [-0.4, -0.2) is 78.3 Å². The zero-order valence-electron chi connectivity index (χ0n) is 26.8. The minimum atomic E-state index is -1.45. The Balaban J connectivity index is 2.60. The summed E-state index contributed by atoms with van der Waals surface area (Å²) in [6.45, 7) is 13.7. The number of carbonyl (C=O) groups excluding carboxylic acids is 5. The first kappa shape index (κ1) is 39.2. The van der Waals surface area contributed by atoms with E-state index in [4.69, 9.17) is 18.9 Å². The molecule has 0 aliphatic heterocycles. The van der Waals surface area contributed by atoms with Gasteiger partial charge in [-0.2, -0.15) is 0 Å². The molecule has 1 aliphatic carbocycles. The Morgan fingerprint density at radius 1 is 0.907 bits per heavy atom. The summed E-state index contributed by atoms with van der Waals surface area (Å²) in [6, 6.07) is 0. The zero-order valence-corrected chi connectivity index (χ0v) is 29.9. The van der Waals surface area contributed by atoms with Crippen molar-refractivity contribution in [2.75, 3.05) is 39.6 Å². The van der Waals surface area contributed by atoms with Crippen LogP contribution in [0.2, 0.25) is 0 Å². The minimum absolute atomic E-state index is 0.0397. The highest BCUT2D eigenvalue weighted by Gasteiger charge is 2.49. The molecule has 10 nitrogen and oxygen atoms in total. The van der Waals surface area contributed by atoms with Gasteiger partial charge in [-0.15, -0.1) is 0 Å². The number of allylic oxidation sites excluding steroid dienone is 1. The highest BCUT2D eigenvalue weighted by molar-refractivity contribution is 9.10. The van der Waals surface area contributed by atoms with Gasteiger partial charge in [-0.05, 0) is 47.0 Å². The van der Waals surface area contributed by atoms with Gasteiger partial charge in [0.1, 0.15) is 40.2 Å². The van der Waals surface area contributed by atoms with E-state index in [1.165, 1.54) is 6.92 Å². The summed E-state index contributed by atoms with van der Waals surface area (Å²) in [5.41, 5.74) is -1.78. The molecule has 0 heterocycles. The third-order valence-corrected chi connectivity index (χ3v) is 8.44. The molecule has 0 radical (unpaired) electrons. The van der Waals surface area contributed by atoms with Crippen molar-refractivity contribution < 1.29 is 42.9 Å². The van der Waals surface area contributed by atoms with Gasteiger partial charge >= 0.3 is 17.9 Å². The second-order valence-corrected chi connectivity index (χ2v) is 16.5. The fourth-order valence-corrected chi connectivity index (χ4v) is 4.77. The molecule has 1 N–H and O–H groups in total. The summed E-state index contributed by atoms with van der Waals surface area (Å²) < 4.78 is 19.6. The molecule has 12 heteroatoms. The van der Waals surface area contributed by atoms with Crippen LogP contribution in [0.5, 0.6) is 0 Å². The molecule has 1 rings (SSSR count). The number of rotatable bonds is 20. The molecule has 43 heavy (non-hydrogen) atoms. The molecule has 0 aromatic rings. The summed E-state index contributed by atoms with van der Waals surface area (Å²) in [4.78, 5) is 61.9. The lowest BCUT2D eigenvalue weighted by molar-refractivity contribution is -0.172. The van der Waals surface area contributed by atoms with Gasteiger partial charge in [0.2, 0.25) is 5.91 Å². The molecule has 4 unspecified atom stereocenters. The van der Waals surface area contributed by atoms with Crippen LogP contribution in [0.1, 0.15) is 74.7 Å². The van der Waals surface area contributed by atoms with Gasteiger partial charge in [0.25, 0.3) is 0 Å². The number of halogens is 2. The maximum Gasteiger partial charge on any atom is 0.322 e. The number of hydrogen-bond acceptors (Lipinski definition) is 9. The fraction of sp³-hybridized carbons (Fsp3) is 0.774. The van der Waals surface area contributed by atoms with E-state index < -0.39 is 32.0 Å². The maximum absolute atomic E-state index is 13.0. The molecule has 0 fully saturated rings. The Morgan fingerprint density at radius 2 is 1.47 bits per heavy atom. The van der Waals surface area contributed by atoms with Crippen LogP contribution in [0.25, 0.3) is 0 Å². The van der Waals surface area contributed by atoms with Crippen LogP contribution in [0.15, 0.2) is 12.2 Å². The van der Waals surface area contributed by atoms with Crippen molar-refractivity contribution in [2.45, 2.75) is 83.3 Å². The first-order valence-corrected chi connectivity index (χ1v) is 16.3. The van der Waals surface area contributed by atoms with Crippen molar-refractivity contribution >= 4 is 62.0 Å². The lowest BCUT2D eigenvalue weighted by Crippen LogP contribution is -2.50. The highest BCUT2D eigenvalue weighted by atomic mass is 79.9. The fourth-order valence-electron chi connectivity index (χ4n) is 4.54. The van der Waals surface area contributed by atoms with Gasteiger partial charge < -0.3 is 29.1 Å². The van der Waals surface area contributed by atoms with Crippen molar-refractivity contribution in [3.05, 3.63) is 12.2 Å². The van der Waals surface area contributed by atoms with Crippen LogP contribution in [0.3, 0.4) is 0 Å². The summed E-state index contributed by atoms with van der Waals surface area (Å²) in [5.74, 6) is -2.41. The van der Waals surface area contributed by atoms with E-state index >= 15 is 0 Å². The maximum atomic E-state index is 13.0. The van der Waals surface area contributed by atoms with Gasteiger partial charge in [0.15, 0.2) is 0 Å². The Hall–Kier alpha value is -1.79. The number of amides is 1. The van der Waals surface area contributed by atoms with Crippen molar-refractivity contribution in [3.63, 3.8) is 0 Å². The average molecular weight is 740 g/mol. The van der Waals surface area contributed by atoms with Crippen LogP contribution >= 0.6 is 31.9 Å². The van der Waals surface area contributed by atoms with Gasteiger partial charge in [-0.1, -0.05) is 77.6 Å². The van der Waals surface area contributed by atoms with E-state index in [0.29, 0.717) is 0 Å². The number of alkyl halides is 2. The van der Waals surface area contributed by atoms with Gasteiger partial charge in [0.05, 0.1) is 19.1 Å². The second kappa shape index (κ2) is 17.1. The lowest BCUT2D eigenvalue weighted by atomic mass is 9.55. The number of carbonyl (C=O) groups is 5. The van der Waals surface area contributed by atoms with Gasteiger partial charge in [0, 0.05) is 17.9 Å². The molecule has 0 spiro atoms. The molecule has 1 aliphatic rings. The van der Waals surface area contributed by atoms with Crippen molar-refractivity contribution in [1.82, 2.24) is 5.32 Å². The summed E-state index contributed by atoms with van der Waals surface area (Å²) >= 11 is 6.44. The lowest BCUT2D eigenvalue weighted by Gasteiger charge is -2.48. The highest BCUT2D eigenvalue weighted by Crippen LogP contribution is 2.51. The monoisotopic (exact) mass is 737 g/mol. The van der Waals surface area contributed by atoms with Crippen molar-refractivity contribution in [1.29, 1.82) is 0 Å². The van der Waals surface area contributed by atoms with E-state index in [-0.39, 0.29) is 68.7 Å².